The molecule has 7 rings (SSSR count). The smallest absolute Gasteiger partial charge is 0.278 e. The van der Waals surface area contributed by atoms with Crippen LogP contribution in [0.1, 0.15) is 43.9 Å². The van der Waals surface area contributed by atoms with E-state index in [0.717, 1.165) is 28.3 Å². The average molecular weight is 526 g/mol. The Bertz CT molecular complexity index is 1730. The van der Waals surface area contributed by atoms with Crippen molar-refractivity contribution in [3.05, 3.63) is 134 Å². The summed E-state index contributed by atoms with van der Waals surface area (Å²) in [5.41, 5.74) is 3.20. The Balaban J connectivity index is 1.49. The minimum atomic E-state index is -0.955. The molecule has 0 saturated heterocycles. The average Bonchev–Trinajstić information content (AvgIpc) is 3.43. The number of rotatable bonds is 3. The normalized spacial score (nSPS) is 21.0. The van der Waals surface area contributed by atoms with Gasteiger partial charge in [0.1, 0.15) is 12.2 Å². The van der Waals surface area contributed by atoms with Gasteiger partial charge >= 0.3 is 0 Å². The number of carbonyl (C=O) groups excluding carboxylic acids is 1. The summed E-state index contributed by atoms with van der Waals surface area (Å²) in [4.78, 5) is 27.9. The number of amides is 1. The van der Waals surface area contributed by atoms with Gasteiger partial charge in [-0.25, -0.2) is 8.78 Å². The van der Waals surface area contributed by atoms with Gasteiger partial charge in [0, 0.05) is 24.7 Å². The van der Waals surface area contributed by atoms with Gasteiger partial charge in [-0.1, -0.05) is 60.2 Å². The van der Waals surface area contributed by atoms with Crippen molar-refractivity contribution in [3.63, 3.8) is 0 Å². The lowest BCUT2D eigenvalue weighted by Crippen LogP contribution is -2.63. The van der Waals surface area contributed by atoms with E-state index in [2.05, 4.69) is 0 Å². The van der Waals surface area contributed by atoms with Gasteiger partial charge in [-0.3, -0.25) is 19.3 Å². The van der Waals surface area contributed by atoms with Gasteiger partial charge < -0.3 is 10.0 Å². The molecule has 1 N–H and O–H groups in total. The van der Waals surface area contributed by atoms with Crippen LogP contribution in [0.5, 0.6) is 5.75 Å². The Morgan fingerprint density at radius 2 is 1.72 bits per heavy atom. The third kappa shape index (κ3) is 3.17. The van der Waals surface area contributed by atoms with Crippen molar-refractivity contribution in [2.24, 2.45) is 5.92 Å². The first kappa shape index (κ1) is 23.6. The summed E-state index contributed by atoms with van der Waals surface area (Å²) >= 11 is 0. The molecule has 0 fully saturated rings. The van der Waals surface area contributed by atoms with Crippen molar-refractivity contribution in [3.8, 4) is 5.75 Å². The number of pyridine rings is 1. The molecule has 8 heteroatoms. The molecule has 2 heterocycles. The number of halogens is 2. The molecule has 0 spiro atoms. The predicted molar refractivity (Wildman–Crippen MR) is 141 cm³/mol. The van der Waals surface area contributed by atoms with E-state index >= 15 is 4.39 Å². The highest BCUT2D eigenvalue weighted by Crippen LogP contribution is 2.57. The van der Waals surface area contributed by atoms with Crippen LogP contribution in [0.4, 0.5) is 8.78 Å². The number of carbonyl (C=O) groups is 1. The number of hydrogen-bond acceptors (Lipinski definition) is 4. The Labute approximate surface area is 223 Å². The first-order chi connectivity index (χ1) is 18.8. The van der Waals surface area contributed by atoms with Gasteiger partial charge in [0.05, 0.1) is 0 Å². The third-order valence-electron chi connectivity index (χ3n) is 8.55. The molecule has 1 aromatic heterocycles. The van der Waals surface area contributed by atoms with Gasteiger partial charge in [0.15, 0.2) is 23.1 Å². The summed E-state index contributed by atoms with van der Waals surface area (Å²) in [6.45, 7) is 2.32. The maximum absolute atomic E-state index is 15.2. The minimum Gasteiger partial charge on any atom is -0.502 e. The molecule has 2 unspecified atom stereocenters. The molecule has 1 aliphatic heterocycles. The fourth-order valence-corrected chi connectivity index (χ4v) is 6.85. The number of aryl methyl sites for hydroxylation is 1. The molecule has 2 aliphatic carbocycles. The first-order valence-electron chi connectivity index (χ1n) is 12.9. The third-order valence-corrected chi connectivity index (χ3v) is 8.55. The van der Waals surface area contributed by atoms with Crippen LogP contribution in [0.3, 0.4) is 0 Å². The Hall–Kier alpha value is -4.46. The highest BCUT2D eigenvalue weighted by atomic mass is 19.2. The summed E-state index contributed by atoms with van der Waals surface area (Å²) in [5, 5.41) is 12.8. The van der Waals surface area contributed by atoms with Crippen molar-refractivity contribution < 1.29 is 18.7 Å². The largest absolute Gasteiger partial charge is 0.502 e. The summed E-state index contributed by atoms with van der Waals surface area (Å²) in [5.74, 6) is -3.03. The van der Waals surface area contributed by atoms with E-state index < -0.39 is 34.3 Å². The van der Waals surface area contributed by atoms with Crippen LogP contribution in [0.15, 0.2) is 77.7 Å². The van der Waals surface area contributed by atoms with Gasteiger partial charge in [0.25, 0.3) is 5.91 Å². The zero-order valence-electron chi connectivity index (χ0n) is 21.2. The predicted octanol–water partition coefficient (Wildman–Crippen LogP) is 4.36. The second-order valence-electron chi connectivity index (χ2n) is 10.7. The monoisotopic (exact) mass is 525 g/mol. The van der Waals surface area contributed by atoms with Crippen LogP contribution in [0.25, 0.3) is 0 Å². The molecule has 39 heavy (non-hydrogen) atoms. The van der Waals surface area contributed by atoms with Crippen molar-refractivity contribution in [2.45, 2.75) is 31.8 Å². The highest BCUT2D eigenvalue weighted by molar-refractivity contribution is 5.96. The van der Waals surface area contributed by atoms with Gasteiger partial charge in [-0.15, -0.1) is 0 Å². The van der Waals surface area contributed by atoms with Crippen LogP contribution in [-0.2, 0) is 24.9 Å². The molecule has 2 atom stereocenters. The zero-order chi connectivity index (χ0) is 27.1. The molecule has 0 radical (unpaired) electrons. The molecule has 1 amide bonds. The van der Waals surface area contributed by atoms with E-state index in [9.17, 15) is 19.1 Å². The molecule has 4 aromatic rings. The molecular formula is C31H25F2N3O3. The Kier molecular flexibility index (Phi) is 5.01. The van der Waals surface area contributed by atoms with Gasteiger partial charge in [0.2, 0.25) is 5.43 Å². The molecule has 196 valence electrons. The first-order valence-corrected chi connectivity index (χ1v) is 12.9. The molecule has 3 aromatic carbocycles. The van der Waals surface area contributed by atoms with Crippen molar-refractivity contribution in [1.29, 1.82) is 0 Å². The van der Waals surface area contributed by atoms with Crippen LogP contribution in [0.2, 0.25) is 0 Å². The van der Waals surface area contributed by atoms with E-state index in [1.165, 1.54) is 16.9 Å². The fraction of sp³-hybridized carbons (Fsp3) is 0.226. The van der Waals surface area contributed by atoms with Crippen LogP contribution >= 0.6 is 0 Å². The zero-order valence-corrected chi connectivity index (χ0v) is 21.2. The lowest BCUT2D eigenvalue weighted by molar-refractivity contribution is 0.0631. The van der Waals surface area contributed by atoms with Crippen molar-refractivity contribution in [2.75, 3.05) is 11.7 Å². The fourth-order valence-electron chi connectivity index (χ4n) is 6.85. The number of aromatic nitrogens is 1. The van der Waals surface area contributed by atoms with Crippen molar-refractivity contribution in [1.82, 2.24) is 9.58 Å². The number of nitrogens with zero attached hydrogens (tertiary/aromatic N) is 3. The van der Waals surface area contributed by atoms with Crippen LogP contribution in [-0.4, -0.2) is 27.3 Å². The van der Waals surface area contributed by atoms with Crippen LogP contribution < -0.4 is 10.4 Å². The van der Waals surface area contributed by atoms with Gasteiger partial charge in [-0.05, 0) is 53.6 Å². The number of fused-ring (bicyclic) bond motifs is 6. The highest BCUT2D eigenvalue weighted by Gasteiger charge is 2.59. The molecule has 0 bridgehead atoms. The quantitative estimate of drug-likeness (QED) is 0.432. The molecule has 6 nitrogen and oxygen atoms in total. The number of aromatic hydroxyl groups is 1. The molecule has 0 saturated carbocycles. The van der Waals surface area contributed by atoms with E-state index in [1.807, 2.05) is 60.5 Å². The lowest BCUT2D eigenvalue weighted by atomic mass is 9.81. The number of benzene rings is 3. The second kappa shape index (κ2) is 8.27. The second-order valence-corrected chi connectivity index (χ2v) is 10.7. The standard InChI is InChI=1S/C31H25F2N3O3/c1-18-6-8-19(9-7-18)16-34-17-36(35-13-12-26(37)29(38)28(35)30(34)39)31-21(14-20-4-2-3-5-23(20)31)15-22-24(31)10-11-25(32)27(22)33/h2-13,21,38H,14-17H2,1H3. The summed E-state index contributed by atoms with van der Waals surface area (Å²) in [6, 6.07) is 19.7. The van der Waals surface area contributed by atoms with Crippen molar-refractivity contribution >= 4 is 5.91 Å². The molecular weight excluding hydrogens is 500 g/mol. The Morgan fingerprint density at radius 3 is 2.51 bits per heavy atom. The maximum Gasteiger partial charge on any atom is 0.278 e. The van der Waals surface area contributed by atoms with Crippen LogP contribution in [0, 0.1) is 24.5 Å². The summed E-state index contributed by atoms with van der Waals surface area (Å²) in [7, 11) is 0. The van der Waals surface area contributed by atoms with E-state index in [1.54, 1.807) is 11.0 Å². The number of hydrogen-bond donors (Lipinski definition) is 1. The SMILES string of the molecule is Cc1ccc(CN2CN(C34c5ccccc5CC3Cc3c4ccc(F)c3F)n3ccc(=O)c(O)c3C2=O)cc1. The summed E-state index contributed by atoms with van der Waals surface area (Å²) in [6.07, 6.45) is 2.44. The molecule has 3 aliphatic rings. The topological polar surface area (TPSA) is 65.8 Å². The van der Waals surface area contributed by atoms with E-state index in [4.69, 9.17) is 0 Å². The maximum atomic E-state index is 15.2. The minimum absolute atomic E-state index is 0.102. The van der Waals surface area contributed by atoms with Gasteiger partial charge in [-0.2, -0.15) is 0 Å². The van der Waals surface area contributed by atoms with E-state index in [-0.39, 0.29) is 24.8 Å². The Morgan fingerprint density at radius 1 is 0.949 bits per heavy atom. The van der Waals surface area contributed by atoms with E-state index in [0.29, 0.717) is 24.0 Å². The summed E-state index contributed by atoms with van der Waals surface area (Å²) < 4.78 is 31.2. The lowest BCUT2D eigenvalue weighted by Gasteiger charge is -2.50.